The highest BCUT2D eigenvalue weighted by atomic mass is 19.3. The number of allylic oxidation sites excluding steroid dienone is 1. The van der Waals surface area contributed by atoms with E-state index in [1.54, 1.807) is 49.1 Å². The maximum absolute atomic E-state index is 13.6. The molecule has 1 heterocycles. The molecule has 2 aliphatic rings. The van der Waals surface area contributed by atoms with Crippen molar-refractivity contribution in [2.75, 3.05) is 13.1 Å². The van der Waals surface area contributed by atoms with Gasteiger partial charge >= 0.3 is 0 Å². The number of nitrogens with zero attached hydrogens (tertiary/aromatic N) is 2. The number of carbonyl (C=O) groups is 2. The van der Waals surface area contributed by atoms with Crippen LogP contribution in [0.3, 0.4) is 0 Å². The summed E-state index contributed by atoms with van der Waals surface area (Å²) in [4.78, 5) is 27.3. The number of hydrogen-bond donors (Lipinski definition) is 0. The molecule has 1 aromatic rings. The van der Waals surface area contributed by atoms with E-state index in [1.807, 2.05) is 6.07 Å². The Kier molecular flexibility index (Phi) is 5.38. The molecule has 6 heteroatoms. The standard InChI is InChI=1S/C22H24F2N2O2/c1-21(2)10-6-12-26(11-5-7-15(14-25)19(21)27)20(28)17-9-4-3-8-16(17)18-13-22(18,23)24/h3-4,7-9,18H,5-6,10-13H2,1-2H3/b15-7-. The minimum absolute atomic E-state index is 0.123. The van der Waals surface area contributed by atoms with E-state index in [-0.39, 0.29) is 23.7 Å². The van der Waals surface area contributed by atoms with Crippen molar-refractivity contribution in [3.8, 4) is 6.07 Å². The summed E-state index contributed by atoms with van der Waals surface area (Å²) in [7, 11) is 0. The fourth-order valence-electron chi connectivity index (χ4n) is 3.78. The van der Waals surface area contributed by atoms with Gasteiger partial charge in [-0.3, -0.25) is 9.59 Å². The first-order valence-corrected chi connectivity index (χ1v) is 9.58. The molecule has 0 bridgehead atoms. The number of Topliss-reactive ketones (excluding diaryl/α,β-unsaturated/α-hetero) is 1. The van der Waals surface area contributed by atoms with Crippen molar-refractivity contribution >= 4 is 11.7 Å². The molecule has 1 aromatic carbocycles. The monoisotopic (exact) mass is 386 g/mol. The van der Waals surface area contributed by atoms with E-state index in [0.29, 0.717) is 43.5 Å². The Bertz CT molecular complexity index is 868. The lowest BCUT2D eigenvalue weighted by atomic mass is 9.79. The van der Waals surface area contributed by atoms with Crippen LogP contribution in [0.25, 0.3) is 0 Å². The van der Waals surface area contributed by atoms with Crippen LogP contribution in [-0.2, 0) is 4.79 Å². The van der Waals surface area contributed by atoms with Gasteiger partial charge < -0.3 is 4.90 Å². The molecule has 4 nitrogen and oxygen atoms in total. The second kappa shape index (κ2) is 7.46. The van der Waals surface area contributed by atoms with Crippen LogP contribution in [0.5, 0.6) is 0 Å². The number of carbonyl (C=O) groups excluding carboxylic acids is 2. The molecule has 1 unspecified atom stereocenters. The lowest BCUT2D eigenvalue weighted by molar-refractivity contribution is -0.123. The van der Waals surface area contributed by atoms with Gasteiger partial charge in [0.05, 0.1) is 11.5 Å². The third-order valence-electron chi connectivity index (χ3n) is 5.64. The third-order valence-corrected chi connectivity index (χ3v) is 5.64. The van der Waals surface area contributed by atoms with Crippen LogP contribution < -0.4 is 0 Å². The Morgan fingerprint density at radius 1 is 1.25 bits per heavy atom. The number of rotatable bonds is 2. The molecule has 1 aliphatic heterocycles. The molecule has 0 saturated heterocycles. The second-order valence-corrected chi connectivity index (χ2v) is 8.23. The predicted octanol–water partition coefficient (Wildman–Crippen LogP) is 4.48. The topological polar surface area (TPSA) is 61.2 Å². The molecule has 3 rings (SSSR count). The molecule has 28 heavy (non-hydrogen) atoms. The quantitative estimate of drug-likeness (QED) is 0.753. The zero-order valence-electron chi connectivity index (χ0n) is 16.2. The molecule has 0 N–H and O–H groups in total. The molecular formula is C22H24F2N2O2. The minimum atomic E-state index is -2.74. The number of alkyl halides is 2. The SMILES string of the molecule is CC1(C)CCCN(C(=O)c2ccccc2C2CC2(F)F)CC/C=C(/C#N)C1=O. The number of hydrogen-bond acceptors (Lipinski definition) is 3. The summed E-state index contributed by atoms with van der Waals surface area (Å²) in [5, 5.41) is 9.29. The normalized spacial score (nSPS) is 26.0. The molecule has 1 saturated carbocycles. The summed E-state index contributed by atoms with van der Waals surface area (Å²) in [5.74, 6) is -4.07. The Hall–Kier alpha value is -2.55. The first-order chi connectivity index (χ1) is 13.2. The van der Waals surface area contributed by atoms with Gasteiger partial charge in [-0.15, -0.1) is 0 Å². The van der Waals surface area contributed by atoms with Gasteiger partial charge in [0.25, 0.3) is 11.8 Å². The lowest BCUT2D eigenvalue weighted by Gasteiger charge is -2.28. The maximum atomic E-state index is 13.6. The van der Waals surface area contributed by atoms with E-state index in [1.165, 1.54) is 0 Å². The highest BCUT2D eigenvalue weighted by Crippen LogP contribution is 2.56. The third kappa shape index (κ3) is 3.99. The van der Waals surface area contributed by atoms with E-state index in [0.717, 1.165) is 0 Å². The molecule has 1 atom stereocenters. The van der Waals surface area contributed by atoms with Crippen molar-refractivity contribution in [1.82, 2.24) is 4.90 Å². The van der Waals surface area contributed by atoms with E-state index in [2.05, 4.69) is 0 Å². The molecular weight excluding hydrogens is 362 g/mol. The van der Waals surface area contributed by atoms with E-state index >= 15 is 0 Å². The summed E-state index contributed by atoms with van der Waals surface area (Å²) >= 11 is 0. The zero-order valence-corrected chi connectivity index (χ0v) is 16.2. The smallest absolute Gasteiger partial charge is 0.255 e. The lowest BCUT2D eigenvalue weighted by Crippen LogP contribution is -2.35. The largest absolute Gasteiger partial charge is 0.338 e. The predicted molar refractivity (Wildman–Crippen MR) is 101 cm³/mol. The Morgan fingerprint density at radius 3 is 2.57 bits per heavy atom. The van der Waals surface area contributed by atoms with Crippen LogP contribution >= 0.6 is 0 Å². The second-order valence-electron chi connectivity index (χ2n) is 8.23. The van der Waals surface area contributed by atoms with Crippen molar-refractivity contribution in [2.24, 2.45) is 5.41 Å². The van der Waals surface area contributed by atoms with Crippen LogP contribution in [0.1, 0.15) is 61.4 Å². The van der Waals surface area contributed by atoms with Crippen molar-refractivity contribution < 1.29 is 18.4 Å². The molecule has 1 aliphatic carbocycles. The van der Waals surface area contributed by atoms with Gasteiger partial charge in [-0.25, -0.2) is 8.78 Å². The number of halogens is 2. The van der Waals surface area contributed by atoms with Crippen molar-refractivity contribution in [3.63, 3.8) is 0 Å². The van der Waals surface area contributed by atoms with Crippen LogP contribution in [0.15, 0.2) is 35.9 Å². The van der Waals surface area contributed by atoms with Crippen LogP contribution in [0.2, 0.25) is 0 Å². The van der Waals surface area contributed by atoms with Crippen molar-refractivity contribution in [1.29, 1.82) is 5.26 Å². The average molecular weight is 386 g/mol. The van der Waals surface area contributed by atoms with Gasteiger partial charge in [-0.1, -0.05) is 38.1 Å². The van der Waals surface area contributed by atoms with Crippen molar-refractivity contribution in [3.05, 3.63) is 47.0 Å². The van der Waals surface area contributed by atoms with Crippen molar-refractivity contribution in [2.45, 2.75) is 51.4 Å². The number of ketones is 1. The molecule has 0 radical (unpaired) electrons. The average Bonchev–Trinajstić information content (AvgIpc) is 3.30. The fourth-order valence-corrected chi connectivity index (χ4v) is 3.78. The summed E-state index contributed by atoms with van der Waals surface area (Å²) in [6.45, 7) is 4.39. The molecule has 1 fully saturated rings. The summed E-state index contributed by atoms with van der Waals surface area (Å²) < 4.78 is 27.2. The number of nitriles is 1. The van der Waals surface area contributed by atoms with Gasteiger partial charge in [0.1, 0.15) is 6.07 Å². The van der Waals surface area contributed by atoms with Gasteiger partial charge in [0.2, 0.25) is 0 Å². The van der Waals surface area contributed by atoms with E-state index in [9.17, 15) is 23.6 Å². The minimum Gasteiger partial charge on any atom is -0.338 e. The van der Waals surface area contributed by atoms with Gasteiger partial charge in [-0.2, -0.15) is 5.26 Å². The highest BCUT2D eigenvalue weighted by Gasteiger charge is 2.58. The van der Waals surface area contributed by atoms with E-state index in [4.69, 9.17) is 0 Å². The Labute approximate surface area is 163 Å². The zero-order chi connectivity index (χ0) is 20.5. The van der Waals surface area contributed by atoms with Gasteiger partial charge in [0, 0.05) is 30.5 Å². The van der Waals surface area contributed by atoms with Crippen LogP contribution in [0, 0.1) is 16.7 Å². The molecule has 148 valence electrons. The summed E-state index contributed by atoms with van der Waals surface area (Å²) in [5.41, 5.74) is 0.166. The number of amides is 1. The molecule has 0 aromatic heterocycles. The fraction of sp³-hybridized carbons (Fsp3) is 0.500. The summed E-state index contributed by atoms with van der Waals surface area (Å²) in [6, 6.07) is 8.55. The van der Waals surface area contributed by atoms with E-state index < -0.39 is 17.3 Å². The molecule has 1 amide bonds. The van der Waals surface area contributed by atoms with Gasteiger partial charge in [0.15, 0.2) is 5.78 Å². The Morgan fingerprint density at radius 2 is 1.93 bits per heavy atom. The van der Waals surface area contributed by atoms with Crippen LogP contribution in [0.4, 0.5) is 8.78 Å². The van der Waals surface area contributed by atoms with Gasteiger partial charge in [-0.05, 0) is 30.9 Å². The van der Waals surface area contributed by atoms with Crippen LogP contribution in [-0.4, -0.2) is 35.6 Å². The first kappa shape index (κ1) is 20.2. The highest BCUT2D eigenvalue weighted by molar-refractivity contribution is 6.02. The maximum Gasteiger partial charge on any atom is 0.255 e. The Balaban J connectivity index is 1.84. The number of benzene rings is 1. The molecule has 0 spiro atoms. The summed E-state index contributed by atoms with van der Waals surface area (Å²) in [6.07, 6.45) is 2.87. The first-order valence-electron chi connectivity index (χ1n) is 9.58.